The lowest BCUT2D eigenvalue weighted by molar-refractivity contribution is 0.0600. The Bertz CT molecular complexity index is 797. The number of fused-ring (bicyclic) bond motifs is 1. The third kappa shape index (κ3) is 3.12. The van der Waals surface area contributed by atoms with Crippen molar-refractivity contribution in [1.29, 1.82) is 0 Å². The summed E-state index contributed by atoms with van der Waals surface area (Å²) in [6.45, 7) is 1.17. The molecule has 0 N–H and O–H groups in total. The highest BCUT2D eigenvalue weighted by Gasteiger charge is 2.24. The van der Waals surface area contributed by atoms with E-state index >= 15 is 0 Å². The van der Waals surface area contributed by atoms with Crippen LogP contribution in [0.15, 0.2) is 36.4 Å². The third-order valence-corrected chi connectivity index (χ3v) is 4.69. The summed E-state index contributed by atoms with van der Waals surface area (Å²) >= 11 is 12.2. The van der Waals surface area contributed by atoms with Gasteiger partial charge in [0.05, 0.1) is 22.7 Å². The largest absolute Gasteiger partial charge is 0.465 e. The lowest BCUT2D eigenvalue weighted by Crippen LogP contribution is -2.36. The molecule has 0 radical (unpaired) electrons. The smallest absolute Gasteiger partial charge is 0.340 e. The van der Waals surface area contributed by atoms with Crippen LogP contribution in [-0.2, 0) is 17.7 Å². The predicted octanol–water partition coefficient (Wildman–Crippen LogP) is 3.98. The maximum atomic E-state index is 12.8. The molecule has 2 aromatic carbocycles. The zero-order valence-corrected chi connectivity index (χ0v) is 14.5. The number of halogens is 2. The Morgan fingerprint density at radius 3 is 2.33 bits per heavy atom. The third-order valence-electron chi connectivity index (χ3n) is 4.10. The maximum absolute atomic E-state index is 12.8. The maximum Gasteiger partial charge on any atom is 0.340 e. The number of hydrogen-bond acceptors (Lipinski definition) is 3. The second-order valence-corrected chi connectivity index (χ2v) is 6.37. The molecular weight excluding hydrogens is 349 g/mol. The number of carbonyl (C=O) groups excluding carboxylic acids is 2. The van der Waals surface area contributed by atoms with E-state index in [0.717, 1.165) is 12.0 Å². The van der Waals surface area contributed by atoms with Crippen LogP contribution in [0.1, 0.15) is 31.8 Å². The topological polar surface area (TPSA) is 46.6 Å². The molecule has 1 aliphatic rings. The van der Waals surface area contributed by atoms with E-state index in [-0.39, 0.29) is 21.5 Å². The summed E-state index contributed by atoms with van der Waals surface area (Å²) in [5.74, 6) is -0.791. The summed E-state index contributed by atoms with van der Waals surface area (Å²) in [5, 5.41) is 0.213. The summed E-state index contributed by atoms with van der Waals surface area (Å²) in [6.07, 6.45) is 0.809. The van der Waals surface area contributed by atoms with Crippen molar-refractivity contribution >= 4 is 35.1 Å². The zero-order chi connectivity index (χ0) is 17.3. The molecule has 0 aromatic heterocycles. The molecule has 24 heavy (non-hydrogen) atoms. The summed E-state index contributed by atoms with van der Waals surface area (Å²) in [7, 11) is 1.25. The van der Waals surface area contributed by atoms with E-state index in [1.807, 2.05) is 18.2 Å². The Hall–Kier alpha value is -2.04. The van der Waals surface area contributed by atoms with Crippen molar-refractivity contribution in [2.24, 2.45) is 0 Å². The van der Waals surface area contributed by atoms with Gasteiger partial charge in [-0.25, -0.2) is 4.79 Å². The van der Waals surface area contributed by atoms with Crippen molar-refractivity contribution in [1.82, 2.24) is 4.90 Å². The fourth-order valence-electron chi connectivity index (χ4n) is 2.85. The van der Waals surface area contributed by atoms with Crippen LogP contribution >= 0.6 is 23.2 Å². The van der Waals surface area contributed by atoms with E-state index in [0.29, 0.717) is 18.7 Å². The van der Waals surface area contributed by atoms with Gasteiger partial charge in [0, 0.05) is 18.7 Å². The van der Waals surface area contributed by atoms with Crippen LogP contribution in [0, 0.1) is 0 Å². The number of nitrogens with zero attached hydrogens (tertiary/aromatic N) is 1. The Kier molecular flexibility index (Phi) is 4.78. The van der Waals surface area contributed by atoms with Crippen LogP contribution in [-0.4, -0.2) is 30.4 Å². The van der Waals surface area contributed by atoms with E-state index in [4.69, 9.17) is 23.2 Å². The SMILES string of the molecule is COC(=O)c1c(Cl)cc(C(=O)N2CCc3ccccc3C2)cc1Cl. The molecule has 4 nitrogen and oxygen atoms in total. The van der Waals surface area contributed by atoms with Crippen molar-refractivity contribution in [3.8, 4) is 0 Å². The lowest BCUT2D eigenvalue weighted by atomic mass is 9.99. The van der Waals surface area contributed by atoms with Crippen molar-refractivity contribution in [3.63, 3.8) is 0 Å². The minimum absolute atomic E-state index is 0.0707. The van der Waals surface area contributed by atoms with E-state index in [9.17, 15) is 9.59 Å². The molecular formula is C18H15Cl2NO3. The quantitative estimate of drug-likeness (QED) is 0.758. The fraction of sp³-hybridized carbons (Fsp3) is 0.222. The first-order chi connectivity index (χ1) is 11.5. The molecule has 0 bridgehead atoms. The minimum Gasteiger partial charge on any atom is -0.465 e. The first-order valence-electron chi connectivity index (χ1n) is 7.44. The van der Waals surface area contributed by atoms with Gasteiger partial charge in [-0.05, 0) is 29.7 Å². The summed E-state index contributed by atoms with van der Waals surface area (Å²) in [4.78, 5) is 26.2. The molecule has 0 saturated carbocycles. The van der Waals surface area contributed by atoms with Crippen molar-refractivity contribution in [3.05, 3.63) is 68.7 Å². The molecule has 0 atom stereocenters. The second-order valence-electron chi connectivity index (χ2n) is 5.55. The molecule has 6 heteroatoms. The van der Waals surface area contributed by atoms with E-state index in [1.165, 1.54) is 24.8 Å². The van der Waals surface area contributed by atoms with Crippen LogP contribution in [0.5, 0.6) is 0 Å². The molecule has 0 unspecified atom stereocenters. The Morgan fingerprint density at radius 1 is 1.08 bits per heavy atom. The number of methoxy groups -OCH3 is 1. The van der Waals surface area contributed by atoms with Crippen LogP contribution in [0.4, 0.5) is 0 Å². The van der Waals surface area contributed by atoms with E-state index in [1.54, 1.807) is 4.90 Å². The van der Waals surface area contributed by atoms with Gasteiger partial charge in [-0.1, -0.05) is 47.5 Å². The second kappa shape index (κ2) is 6.83. The van der Waals surface area contributed by atoms with Crippen molar-refractivity contribution in [2.45, 2.75) is 13.0 Å². The number of ether oxygens (including phenoxy) is 1. The average molecular weight is 364 g/mol. The lowest BCUT2D eigenvalue weighted by Gasteiger charge is -2.29. The molecule has 0 aliphatic carbocycles. The number of rotatable bonds is 2. The highest BCUT2D eigenvalue weighted by molar-refractivity contribution is 6.39. The molecule has 0 fully saturated rings. The van der Waals surface area contributed by atoms with Gasteiger partial charge in [-0.2, -0.15) is 0 Å². The fourth-order valence-corrected chi connectivity index (χ4v) is 3.49. The Balaban J connectivity index is 1.88. The predicted molar refractivity (Wildman–Crippen MR) is 92.7 cm³/mol. The molecule has 1 amide bonds. The average Bonchev–Trinajstić information content (AvgIpc) is 2.59. The number of hydrogen-bond donors (Lipinski definition) is 0. The first-order valence-corrected chi connectivity index (χ1v) is 8.20. The van der Waals surface area contributed by atoms with Gasteiger partial charge in [0.25, 0.3) is 5.91 Å². The molecule has 1 aliphatic heterocycles. The normalized spacial score (nSPS) is 13.4. The van der Waals surface area contributed by atoms with Crippen LogP contribution in [0.25, 0.3) is 0 Å². The zero-order valence-electron chi connectivity index (χ0n) is 13.0. The van der Waals surface area contributed by atoms with E-state index < -0.39 is 5.97 Å². The van der Waals surface area contributed by atoms with Crippen molar-refractivity contribution in [2.75, 3.05) is 13.7 Å². The standard InChI is InChI=1S/C18H15Cl2NO3/c1-24-18(23)16-14(19)8-13(9-15(16)20)17(22)21-7-6-11-4-2-3-5-12(11)10-21/h2-5,8-9H,6-7,10H2,1H3. The highest BCUT2D eigenvalue weighted by atomic mass is 35.5. The molecule has 2 aromatic rings. The number of esters is 1. The van der Waals surface area contributed by atoms with Gasteiger partial charge in [-0.15, -0.1) is 0 Å². The van der Waals surface area contributed by atoms with Gasteiger partial charge < -0.3 is 9.64 Å². The van der Waals surface area contributed by atoms with Gasteiger partial charge >= 0.3 is 5.97 Å². The number of amides is 1. The van der Waals surface area contributed by atoms with Crippen LogP contribution < -0.4 is 0 Å². The van der Waals surface area contributed by atoms with Crippen LogP contribution in [0.3, 0.4) is 0 Å². The number of benzene rings is 2. The highest BCUT2D eigenvalue weighted by Crippen LogP contribution is 2.29. The van der Waals surface area contributed by atoms with Gasteiger partial charge in [0.2, 0.25) is 0 Å². The van der Waals surface area contributed by atoms with Crippen LogP contribution in [0.2, 0.25) is 10.0 Å². The Labute approximate surface area is 149 Å². The summed E-state index contributed by atoms with van der Waals surface area (Å²) < 4.78 is 4.65. The molecule has 3 rings (SSSR count). The van der Waals surface area contributed by atoms with Gasteiger partial charge in [0.1, 0.15) is 0 Å². The molecule has 1 heterocycles. The molecule has 0 spiro atoms. The van der Waals surface area contributed by atoms with Gasteiger partial charge in [-0.3, -0.25) is 4.79 Å². The minimum atomic E-state index is -0.629. The van der Waals surface area contributed by atoms with Gasteiger partial charge in [0.15, 0.2) is 0 Å². The molecule has 0 saturated heterocycles. The molecule has 124 valence electrons. The summed E-state index contributed by atoms with van der Waals surface area (Å²) in [5.41, 5.74) is 2.83. The van der Waals surface area contributed by atoms with E-state index in [2.05, 4.69) is 10.8 Å². The summed E-state index contributed by atoms with van der Waals surface area (Å²) in [6, 6.07) is 11.0. The first kappa shape index (κ1) is 16.8. The number of carbonyl (C=O) groups is 2. The van der Waals surface area contributed by atoms with Crippen molar-refractivity contribution < 1.29 is 14.3 Å². The Morgan fingerprint density at radius 2 is 1.71 bits per heavy atom. The monoisotopic (exact) mass is 363 g/mol.